The van der Waals surface area contributed by atoms with Gasteiger partial charge in [-0.05, 0) is 48.9 Å². The van der Waals surface area contributed by atoms with Gasteiger partial charge in [0.25, 0.3) is 0 Å². The van der Waals surface area contributed by atoms with E-state index in [4.69, 9.17) is 11.6 Å². The van der Waals surface area contributed by atoms with E-state index in [1.807, 2.05) is 52.3 Å². The number of halogens is 1. The molecule has 1 aliphatic heterocycles. The van der Waals surface area contributed by atoms with Crippen molar-refractivity contribution in [2.24, 2.45) is 0 Å². The Balaban J connectivity index is 1.32. The maximum absolute atomic E-state index is 12.4. The van der Waals surface area contributed by atoms with Crippen molar-refractivity contribution >= 4 is 23.4 Å². The number of rotatable bonds is 8. The summed E-state index contributed by atoms with van der Waals surface area (Å²) in [5.74, 6) is 0.394. The van der Waals surface area contributed by atoms with Crippen LogP contribution in [0.2, 0.25) is 5.02 Å². The molecule has 0 radical (unpaired) electrons. The summed E-state index contributed by atoms with van der Waals surface area (Å²) in [6.45, 7) is 2.58. The molecule has 1 saturated heterocycles. The molecule has 154 valence electrons. The highest BCUT2D eigenvalue weighted by atomic mass is 35.5. The highest BCUT2D eigenvalue weighted by molar-refractivity contribution is 6.30. The van der Waals surface area contributed by atoms with E-state index in [-0.39, 0.29) is 11.8 Å². The second-order valence-corrected chi connectivity index (χ2v) is 8.02. The topological polar surface area (TPSA) is 40.6 Å². The molecule has 0 N–H and O–H groups in total. The van der Waals surface area contributed by atoms with Gasteiger partial charge in [-0.1, -0.05) is 54.1 Å². The Morgan fingerprint density at radius 3 is 1.62 bits per heavy atom. The summed E-state index contributed by atoms with van der Waals surface area (Å²) in [5, 5.41) is 0.734. The number of benzene rings is 2. The van der Waals surface area contributed by atoms with Gasteiger partial charge in [-0.3, -0.25) is 9.59 Å². The lowest BCUT2D eigenvalue weighted by atomic mass is 10.1. The molecule has 0 saturated carbocycles. The van der Waals surface area contributed by atoms with Crippen LogP contribution in [0.3, 0.4) is 0 Å². The normalized spacial score (nSPS) is 14.1. The molecule has 1 aliphatic rings. The van der Waals surface area contributed by atoms with Crippen molar-refractivity contribution in [3.63, 3.8) is 0 Å². The van der Waals surface area contributed by atoms with Gasteiger partial charge in [0, 0.05) is 44.0 Å². The molecule has 29 heavy (non-hydrogen) atoms. The van der Waals surface area contributed by atoms with E-state index in [1.54, 1.807) is 0 Å². The fourth-order valence-electron chi connectivity index (χ4n) is 3.70. The highest BCUT2D eigenvalue weighted by Crippen LogP contribution is 2.13. The lowest BCUT2D eigenvalue weighted by molar-refractivity contribution is -0.139. The first-order valence-electron chi connectivity index (χ1n) is 10.5. The monoisotopic (exact) mass is 412 g/mol. The molecule has 0 atom stereocenters. The fraction of sp³-hybridized carbons (Fsp3) is 0.417. The average Bonchev–Trinajstić information content (AvgIpc) is 2.76. The minimum absolute atomic E-state index is 0.190. The van der Waals surface area contributed by atoms with E-state index in [2.05, 4.69) is 12.1 Å². The largest absolute Gasteiger partial charge is 0.339 e. The van der Waals surface area contributed by atoms with Gasteiger partial charge in [0.1, 0.15) is 0 Å². The van der Waals surface area contributed by atoms with Crippen LogP contribution in [0.4, 0.5) is 0 Å². The summed E-state index contributed by atoms with van der Waals surface area (Å²) < 4.78 is 0. The van der Waals surface area contributed by atoms with Gasteiger partial charge in [0.05, 0.1) is 0 Å². The van der Waals surface area contributed by atoms with E-state index in [1.165, 1.54) is 11.1 Å². The van der Waals surface area contributed by atoms with Crippen molar-refractivity contribution in [3.8, 4) is 0 Å². The summed E-state index contributed by atoms with van der Waals surface area (Å²) in [6, 6.07) is 18.1. The van der Waals surface area contributed by atoms with Gasteiger partial charge in [-0.25, -0.2) is 0 Å². The van der Waals surface area contributed by atoms with Gasteiger partial charge in [0.2, 0.25) is 11.8 Å². The van der Waals surface area contributed by atoms with Gasteiger partial charge >= 0.3 is 0 Å². The van der Waals surface area contributed by atoms with Gasteiger partial charge in [-0.15, -0.1) is 0 Å². The number of hydrogen-bond acceptors (Lipinski definition) is 2. The van der Waals surface area contributed by atoms with E-state index >= 15 is 0 Å². The lowest BCUT2D eigenvalue weighted by Gasteiger charge is -2.35. The Kier molecular flexibility index (Phi) is 8.12. The second-order valence-electron chi connectivity index (χ2n) is 7.58. The van der Waals surface area contributed by atoms with Crippen LogP contribution < -0.4 is 0 Å². The van der Waals surface area contributed by atoms with Gasteiger partial charge < -0.3 is 9.80 Å². The Bertz CT molecular complexity index is 784. The summed E-state index contributed by atoms with van der Waals surface area (Å²) in [6.07, 6.45) is 4.63. The molecule has 1 heterocycles. The van der Waals surface area contributed by atoms with Crippen LogP contribution >= 0.6 is 11.6 Å². The predicted molar refractivity (Wildman–Crippen MR) is 117 cm³/mol. The molecule has 0 aromatic heterocycles. The van der Waals surface area contributed by atoms with Gasteiger partial charge in [-0.2, -0.15) is 0 Å². The first-order valence-corrected chi connectivity index (χ1v) is 10.8. The number of nitrogens with zero attached hydrogens (tertiary/aromatic N) is 2. The zero-order chi connectivity index (χ0) is 20.5. The summed E-state index contributed by atoms with van der Waals surface area (Å²) in [4.78, 5) is 28.7. The molecule has 0 aliphatic carbocycles. The molecule has 2 aromatic rings. The number of amides is 2. The first kappa shape index (κ1) is 21.4. The van der Waals surface area contributed by atoms with Crippen molar-refractivity contribution in [2.75, 3.05) is 26.2 Å². The molecule has 3 rings (SSSR count). The van der Waals surface area contributed by atoms with Crippen LogP contribution in [-0.4, -0.2) is 47.8 Å². The summed E-state index contributed by atoms with van der Waals surface area (Å²) in [5.41, 5.74) is 2.47. The zero-order valence-electron chi connectivity index (χ0n) is 16.9. The van der Waals surface area contributed by atoms with Crippen molar-refractivity contribution in [1.82, 2.24) is 9.80 Å². The predicted octanol–water partition coefficient (Wildman–Crippen LogP) is 4.36. The molecule has 4 nitrogen and oxygen atoms in total. The second kappa shape index (κ2) is 11.0. The van der Waals surface area contributed by atoms with E-state index in [0.717, 1.165) is 30.7 Å². The molecule has 2 amide bonds. The summed E-state index contributed by atoms with van der Waals surface area (Å²) >= 11 is 5.90. The smallest absolute Gasteiger partial charge is 0.222 e. The van der Waals surface area contributed by atoms with Crippen LogP contribution in [0.25, 0.3) is 0 Å². The quantitative estimate of drug-likeness (QED) is 0.646. The number of piperazine rings is 1. The molecular formula is C24H29ClN2O2. The van der Waals surface area contributed by atoms with Crippen molar-refractivity contribution in [2.45, 2.75) is 38.5 Å². The Hall–Kier alpha value is -2.33. The third kappa shape index (κ3) is 6.90. The SMILES string of the molecule is O=C(CCCc1ccccc1)N1CCN(C(=O)CCCc2ccc(Cl)cc2)CC1. The third-order valence-electron chi connectivity index (χ3n) is 5.45. The molecular weight excluding hydrogens is 384 g/mol. The van der Waals surface area contributed by atoms with Crippen LogP contribution in [0.15, 0.2) is 54.6 Å². The Morgan fingerprint density at radius 2 is 1.14 bits per heavy atom. The minimum Gasteiger partial charge on any atom is -0.339 e. The van der Waals surface area contributed by atoms with Gasteiger partial charge in [0.15, 0.2) is 0 Å². The van der Waals surface area contributed by atoms with Crippen LogP contribution in [0.5, 0.6) is 0 Å². The maximum atomic E-state index is 12.4. The maximum Gasteiger partial charge on any atom is 0.222 e. The molecule has 5 heteroatoms. The zero-order valence-corrected chi connectivity index (χ0v) is 17.6. The number of carbonyl (C=O) groups excluding carboxylic acids is 2. The third-order valence-corrected chi connectivity index (χ3v) is 5.71. The van der Waals surface area contributed by atoms with E-state index in [0.29, 0.717) is 39.0 Å². The minimum atomic E-state index is 0.190. The van der Waals surface area contributed by atoms with Crippen LogP contribution in [-0.2, 0) is 22.4 Å². The lowest BCUT2D eigenvalue weighted by Crippen LogP contribution is -2.50. The van der Waals surface area contributed by atoms with Crippen molar-refractivity contribution < 1.29 is 9.59 Å². The van der Waals surface area contributed by atoms with Crippen molar-refractivity contribution in [3.05, 3.63) is 70.7 Å². The molecule has 2 aromatic carbocycles. The number of carbonyl (C=O) groups is 2. The summed E-state index contributed by atoms with van der Waals surface area (Å²) in [7, 11) is 0. The average molecular weight is 413 g/mol. The molecule has 0 spiro atoms. The molecule has 1 fully saturated rings. The standard InChI is InChI=1S/C24H29ClN2O2/c25-22-14-12-21(13-15-22)9-5-11-24(29)27-18-16-26(17-19-27)23(28)10-4-8-20-6-2-1-3-7-20/h1-3,6-7,12-15H,4-5,8-11,16-19H2. The first-order chi connectivity index (χ1) is 14.1. The number of hydrogen-bond donors (Lipinski definition) is 0. The van der Waals surface area contributed by atoms with Crippen molar-refractivity contribution in [1.29, 1.82) is 0 Å². The van der Waals surface area contributed by atoms with Crippen LogP contribution in [0.1, 0.15) is 36.8 Å². The van der Waals surface area contributed by atoms with E-state index < -0.39 is 0 Å². The van der Waals surface area contributed by atoms with E-state index in [9.17, 15) is 9.59 Å². The molecule has 0 unspecified atom stereocenters. The Labute approximate surface area is 178 Å². The van der Waals surface area contributed by atoms with Crippen LogP contribution in [0, 0.1) is 0 Å². The highest BCUT2D eigenvalue weighted by Gasteiger charge is 2.23. The number of aryl methyl sites for hydroxylation is 2. The Morgan fingerprint density at radius 1 is 0.690 bits per heavy atom. The molecule has 0 bridgehead atoms. The fourth-order valence-corrected chi connectivity index (χ4v) is 3.83.